The minimum Gasteiger partial charge on any atom is -0.454 e. The van der Waals surface area contributed by atoms with Gasteiger partial charge < -0.3 is 19.9 Å². The molecule has 2 N–H and O–H groups in total. The summed E-state index contributed by atoms with van der Waals surface area (Å²) in [5.74, 6) is 1.87. The van der Waals surface area contributed by atoms with Crippen molar-refractivity contribution in [3.05, 3.63) is 34.3 Å². The first-order valence-electron chi connectivity index (χ1n) is 6.37. The molecular weight excluding hydrogens is 310 g/mol. The van der Waals surface area contributed by atoms with Crippen molar-refractivity contribution in [1.82, 2.24) is 5.32 Å². The number of fused-ring (bicyclic) bond motifs is 1. The number of nitrogens with one attached hydrogen (secondary N) is 1. The molecular formula is C14H16BrNO3. The normalized spacial score (nSPS) is 24.1. The molecule has 0 amide bonds. The highest BCUT2D eigenvalue weighted by molar-refractivity contribution is 9.10. The van der Waals surface area contributed by atoms with E-state index in [2.05, 4.69) is 33.4 Å². The standard InChI is InChI=1S/C14H16BrNO3/c15-12-4-10(5-13-14(12)19-8-18-13)6-16-11-2-1-9(3-11)7-17/h1-2,4-5,9,11,16-17H,3,6-8H2/t9-,11+/m0/s1. The van der Waals surface area contributed by atoms with Gasteiger partial charge in [-0.2, -0.15) is 0 Å². The van der Waals surface area contributed by atoms with E-state index >= 15 is 0 Å². The minimum atomic E-state index is 0.226. The second-order valence-corrected chi connectivity index (χ2v) is 5.72. The summed E-state index contributed by atoms with van der Waals surface area (Å²) in [6.07, 6.45) is 5.17. The summed E-state index contributed by atoms with van der Waals surface area (Å²) in [4.78, 5) is 0. The lowest BCUT2D eigenvalue weighted by atomic mass is 10.1. The summed E-state index contributed by atoms with van der Waals surface area (Å²) in [6, 6.07) is 4.38. The molecule has 0 aromatic heterocycles. The van der Waals surface area contributed by atoms with Gasteiger partial charge in [-0.25, -0.2) is 0 Å². The van der Waals surface area contributed by atoms with E-state index in [4.69, 9.17) is 14.6 Å². The van der Waals surface area contributed by atoms with Crippen molar-refractivity contribution in [3.8, 4) is 11.5 Å². The minimum absolute atomic E-state index is 0.226. The van der Waals surface area contributed by atoms with Crippen LogP contribution in [0.4, 0.5) is 0 Å². The fraction of sp³-hybridized carbons (Fsp3) is 0.429. The highest BCUT2D eigenvalue weighted by atomic mass is 79.9. The second kappa shape index (κ2) is 5.53. The molecule has 3 rings (SSSR count). The molecule has 0 bridgehead atoms. The van der Waals surface area contributed by atoms with Crippen LogP contribution in [0.25, 0.3) is 0 Å². The zero-order valence-electron chi connectivity index (χ0n) is 10.4. The van der Waals surface area contributed by atoms with E-state index in [1.54, 1.807) is 0 Å². The van der Waals surface area contributed by atoms with Crippen LogP contribution in [0.1, 0.15) is 12.0 Å². The van der Waals surface area contributed by atoms with Crippen LogP contribution in [-0.4, -0.2) is 24.5 Å². The number of rotatable bonds is 4. The summed E-state index contributed by atoms with van der Waals surface area (Å²) in [7, 11) is 0. The average molecular weight is 326 g/mol. The number of hydrogen-bond donors (Lipinski definition) is 2. The fourth-order valence-corrected chi connectivity index (χ4v) is 3.04. The van der Waals surface area contributed by atoms with E-state index in [1.807, 2.05) is 12.1 Å². The van der Waals surface area contributed by atoms with E-state index in [9.17, 15) is 0 Å². The first-order valence-corrected chi connectivity index (χ1v) is 7.16. The second-order valence-electron chi connectivity index (χ2n) is 4.86. The molecule has 2 aliphatic rings. The highest BCUT2D eigenvalue weighted by Crippen LogP contribution is 2.40. The Morgan fingerprint density at radius 1 is 1.32 bits per heavy atom. The Labute approximate surface area is 120 Å². The molecule has 4 nitrogen and oxygen atoms in total. The van der Waals surface area contributed by atoms with Crippen molar-refractivity contribution in [3.63, 3.8) is 0 Å². The first-order chi connectivity index (χ1) is 9.26. The molecule has 0 saturated carbocycles. The lowest BCUT2D eigenvalue weighted by Gasteiger charge is -2.13. The van der Waals surface area contributed by atoms with Gasteiger partial charge in [-0.1, -0.05) is 12.2 Å². The Morgan fingerprint density at radius 2 is 2.21 bits per heavy atom. The number of benzene rings is 1. The SMILES string of the molecule is OC[C@H]1C=C[C@@H](NCc2cc(Br)c3c(c2)OCO3)C1. The Morgan fingerprint density at radius 3 is 3.00 bits per heavy atom. The van der Waals surface area contributed by atoms with Gasteiger partial charge in [-0.3, -0.25) is 0 Å². The summed E-state index contributed by atoms with van der Waals surface area (Å²) in [5, 5.41) is 12.6. The van der Waals surface area contributed by atoms with E-state index in [0.29, 0.717) is 12.0 Å². The van der Waals surface area contributed by atoms with E-state index in [0.717, 1.165) is 34.5 Å². The first kappa shape index (κ1) is 13.0. The van der Waals surface area contributed by atoms with Crippen LogP contribution in [-0.2, 0) is 6.54 Å². The lowest BCUT2D eigenvalue weighted by molar-refractivity contribution is 0.173. The molecule has 1 aromatic rings. The van der Waals surface area contributed by atoms with Gasteiger partial charge in [0.1, 0.15) is 0 Å². The van der Waals surface area contributed by atoms with Crippen molar-refractivity contribution in [1.29, 1.82) is 0 Å². The number of ether oxygens (including phenoxy) is 2. The summed E-state index contributed by atoms with van der Waals surface area (Å²) in [5.41, 5.74) is 1.15. The van der Waals surface area contributed by atoms with Crippen LogP contribution in [0.3, 0.4) is 0 Å². The maximum Gasteiger partial charge on any atom is 0.231 e. The summed E-state index contributed by atoms with van der Waals surface area (Å²) in [6.45, 7) is 1.28. The third-order valence-electron chi connectivity index (χ3n) is 3.46. The number of hydrogen-bond acceptors (Lipinski definition) is 4. The van der Waals surface area contributed by atoms with Gasteiger partial charge in [0.25, 0.3) is 0 Å². The average Bonchev–Trinajstić information content (AvgIpc) is 3.05. The molecule has 1 aliphatic heterocycles. The fourth-order valence-electron chi connectivity index (χ4n) is 2.43. The molecule has 0 saturated heterocycles. The summed E-state index contributed by atoms with van der Waals surface area (Å²) >= 11 is 3.49. The highest BCUT2D eigenvalue weighted by Gasteiger charge is 2.20. The number of halogens is 1. The van der Waals surface area contributed by atoms with Gasteiger partial charge in [0.05, 0.1) is 4.47 Å². The Hall–Kier alpha value is -1.04. The zero-order valence-corrected chi connectivity index (χ0v) is 12.0. The zero-order chi connectivity index (χ0) is 13.2. The predicted octanol–water partition coefficient (Wildman–Crippen LogP) is 2.20. The third kappa shape index (κ3) is 2.78. The van der Waals surface area contributed by atoms with Crippen LogP contribution in [0, 0.1) is 5.92 Å². The Balaban J connectivity index is 1.62. The van der Waals surface area contributed by atoms with Gasteiger partial charge in [0.15, 0.2) is 11.5 Å². The Kier molecular flexibility index (Phi) is 3.77. The Bertz CT molecular complexity index is 504. The van der Waals surface area contributed by atoms with Crippen LogP contribution in [0.15, 0.2) is 28.8 Å². The monoisotopic (exact) mass is 325 g/mol. The third-order valence-corrected chi connectivity index (χ3v) is 4.05. The number of aliphatic hydroxyl groups is 1. The van der Waals surface area contributed by atoms with Gasteiger partial charge in [0.2, 0.25) is 6.79 Å². The van der Waals surface area contributed by atoms with Crippen LogP contribution in [0.5, 0.6) is 11.5 Å². The van der Waals surface area contributed by atoms with Crippen molar-refractivity contribution < 1.29 is 14.6 Å². The van der Waals surface area contributed by atoms with Crippen LogP contribution < -0.4 is 14.8 Å². The molecule has 5 heteroatoms. The van der Waals surface area contributed by atoms with E-state index in [-0.39, 0.29) is 13.4 Å². The van der Waals surface area contributed by atoms with Gasteiger partial charge in [0, 0.05) is 25.1 Å². The molecule has 19 heavy (non-hydrogen) atoms. The van der Waals surface area contributed by atoms with E-state index < -0.39 is 0 Å². The molecule has 2 atom stereocenters. The molecule has 0 unspecified atom stereocenters. The molecule has 0 radical (unpaired) electrons. The van der Waals surface area contributed by atoms with Crippen molar-refractivity contribution in [2.75, 3.05) is 13.4 Å². The molecule has 1 aliphatic carbocycles. The topological polar surface area (TPSA) is 50.7 Å². The quantitative estimate of drug-likeness (QED) is 0.833. The molecule has 1 aromatic carbocycles. The van der Waals surface area contributed by atoms with Gasteiger partial charge >= 0.3 is 0 Å². The molecule has 0 fully saturated rings. The number of aliphatic hydroxyl groups excluding tert-OH is 1. The van der Waals surface area contributed by atoms with Gasteiger partial charge in [-0.05, 0) is 40.0 Å². The van der Waals surface area contributed by atoms with Crippen LogP contribution in [0.2, 0.25) is 0 Å². The van der Waals surface area contributed by atoms with Crippen LogP contribution >= 0.6 is 15.9 Å². The lowest BCUT2D eigenvalue weighted by Crippen LogP contribution is -2.26. The summed E-state index contributed by atoms with van der Waals surface area (Å²) < 4.78 is 11.7. The van der Waals surface area contributed by atoms with Gasteiger partial charge in [-0.15, -0.1) is 0 Å². The molecule has 0 spiro atoms. The van der Waals surface area contributed by atoms with E-state index in [1.165, 1.54) is 0 Å². The largest absolute Gasteiger partial charge is 0.454 e. The maximum atomic E-state index is 9.10. The smallest absolute Gasteiger partial charge is 0.231 e. The molecule has 102 valence electrons. The molecule has 1 heterocycles. The maximum absolute atomic E-state index is 9.10. The van der Waals surface area contributed by atoms with Crippen molar-refractivity contribution >= 4 is 15.9 Å². The van der Waals surface area contributed by atoms with Crippen molar-refractivity contribution in [2.45, 2.75) is 19.0 Å². The predicted molar refractivity (Wildman–Crippen MR) is 75.2 cm³/mol. The van der Waals surface area contributed by atoms with Crippen molar-refractivity contribution in [2.24, 2.45) is 5.92 Å².